The number of ether oxygens (including phenoxy) is 1. The zero-order chi connectivity index (χ0) is 15.6. The van der Waals surface area contributed by atoms with E-state index in [1.54, 1.807) is 25.1 Å². The highest BCUT2D eigenvalue weighted by atomic mass is 127. The minimum atomic E-state index is -0.794. The van der Waals surface area contributed by atoms with Gasteiger partial charge >= 0.3 is 5.97 Å². The Morgan fingerprint density at radius 1 is 1.38 bits per heavy atom. The number of hydrogen-bond acceptors (Lipinski definition) is 5. The summed E-state index contributed by atoms with van der Waals surface area (Å²) in [7, 11) is 0. The first kappa shape index (κ1) is 15.5. The Hall–Kier alpha value is -1.90. The molecule has 0 aromatic heterocycles. The van der Waals surface area contributed by atoms with Crippen LogP contribution in [0.25, 0.3) is 5.76 Å². The summed E-state index contributed by atoms with van der Waals surface area (Å²) in [5.74, 6) is -2.32. The molecule has 1 aliphatic rings. The van der Waals surface area contributed by atoms with Gasteiger partial charge in [-0.25, -0.2) is 0 Å². The van der Waals surface area contributed by atoms with Crippen molar-refractivity contribution >= 4 is 46.0 Å². The average Bonchev–Trinajstić information content (AvgIpc) is 2.70. The van der Waals surface area contributed by atoms with Crippen molar-refractivity contribution in [3.63, 3.8) is 0 Å². The molecule has 0 saturated heterocycles. The molecule has 0 bridgehead atoms. The van der Waals surface area contributed by atoms with Crippen LogP contribution in [0.4, 0.5) is 0 Å². The topological polar surface area (TPSA) is 92.7 Å². The number of fused-ring (bicyclic) bond motifs is 1. The van der Waals surface area contributed by atoms with Crippen LogP contribution in [0.2, 0.25) is 0 Å². The number of halogens is 1. The summed E-state index contributed by atoms with van der Waals surface area (Å²) in [6, 6.07) is 4.96. The Balaban J connectivity index is 2.20. The molecule has 1 aromatic rings. The van der Waals surface area contributed by atoms with E-state index in [-0.39, 0.29) is 24.5 Å². The number of aliphatic hydroxyl groups is 1. The van der Waals surface area contributed by atoms with Gasteiger partial charge in [0.15, 0.2) is 0 Å². The average molecular weight is 401 g/mol. The van der Waals surface area contributed by atoms with Gasteiger partial charge < -0.3 is 15.2 Å². The zero-order valence-corrected chi connectivity index (χ0v) is 13.3. The van der Waals surface area contributed by atoms with Crippen LogP contribution in [0.3, 0.4) is 0 Å². The number of carbonyl (C=O) groups is 3. The van der Waals surface area contributed by atoms with Crippen LogP contribution in [0.1, 0.15) is 22.8 Å². The fraction of sp³-hybridized carbons (Fsp3) is 0.214. The van der Waals surface area contributed by atoms with Gasteiger partial charge in [-0.3, -0.25) is 14.4 Å². The number of hydrogen-bond donors (Lipinski definition) is 2. The summed E-state index contributed by atoms with van der Waals surface area (Å²) in [4.78, 5) is 35.4. The fourth-order valence-electron chi connectivity index (χ4n) is 1.98. The van der Waals surface area contributed by atoms with Gasteiger partial charge in [-0.05, 0) is 35.6 Å². The molecule has 6 nitrogen and oxygen atoms in total. The molecule has 1 aliphatic carbocycles. The third-order valence-corrected chi connectivity index (χ3v) is 3.78. The number of aliphatic hydroxyl groups excluding tert-OH is 1. The summed E-state index contributed by atoms with van der Waals surface area (Å²) < 4.78 is 5.32. The van der Waals surface area contributed by atoms with E-state index >= 15 is 0 Å². The van der Waals surface area contributed by atoms with Gasteiger partial charge in [0, 0.05) is 14.7 Å². The number of benzene rings is 1. The fourth-order valence-corrected chi connectivity index (χ4v) is 2.73. The molecule has 0 fully saturated rings. The molecule has 110 valence electrons. The molecule has 0 unspecified atom stereocenters. The van der Waals surface area contributed by atoms with Gasteiger partial charge in [-0.2, -0.15) is 0 Å². The van der Waals surface area contributed by atoms with Crippen LogP contribution in [-0.4, -0.2) is 35.9 Å². The lowest BCUT2D eigenvalue weighted by Crippen LogP contribution is -2.33. The Bertz CT molecular complexity index is 665. The van der Waals surface area contributed by atoms with Crippen LogP contribution < -0.4 is 5.32 Å². The van der Waals surface area contributed by atoms with E-state index in [0.717, 1.165) is 0 Å². The lowest BCUT2D eigenvalue weighted by molar-refractivity contribution is -0.143. The molecule has 2 rings (SSSR count). The predicted octanol–water partition coefficient (Wildman–Crippen LogP) is 1.44. The van der Waals surface area contributed by atoms with Crippen molar-refractivity contribution < 1.29 is 24.2 Å². The summed E-state index contributed by atoms with van der Waals surface area (Å²) in [6.45, 7) is 1.49. The number of rotatable bonds is 4. The zero-order valence-electron chi connectivity index (χ0n) is 11.1. The number of esters is 1. The molecule has 2 N–H and O–H groups in total. The quantitative estimate of drug-likeness (QED) is 0.453. The first-order chi connectivity index (χ1) is 9.97. The lowest BCUT2D eigenvalue weighted by Gasteiger charge is -2.05. The molecular formula is C14H12INO5. The molecular weight excluding hydrogens is 389 g/mol. The summed E-state index contributed by atoms with van der Waals surface area (Å²) >= 11 is 1.96. The molecule has 1 amide bonds. The van der Waals surface area contributed by atoms with Crippen molar-refractivity contribution in [2.24, 2.45) is 0 Å². The molecule has 21 heavy (non-hydrogen) atoms. The molecule has 0 aliphatic heterocycles. The summed E-state index contributed by atoms with van der Waals surface area (Å²) in [6.07, 6.45) is 0. The van der Waals surface area contributed by atoms with Gasteiger partial charge in [0.05, 0.1) is 6.61 Å². The Morgan fingerprint density at radius 3 is 2.71 bits per heavy atom. The van der Waals surface area contributed by atoms with Gasteiger partial charge in [-0.1, -0.05) is 12.1 Å². The third-order valence-electron chi connectivity index (χ3n) is 2.89. The number of Topliss-reactive ketones (excluding diaryl/α,β-unsaturated/α-hetero) is 1. The van der Waals surface area contributed by atoms with Gasteiger partial charge in [0.2, 0.25) is 5.78 Å². The second kappa shape index (κ2) is 6.25. The van der Waals surface area contributed by atoms with E-state index in [2.05, 4.69) is 10.1 Å². The van der Waals surface area contributed by atoms with Crippen LogP contribution in [0.5, 0.6) is 0 Å². The smallest absolute Gasteiger partial charge is 0.325 e. The first-order valence-corrected chi connectivity index (χ1v) is 7.25. The highest BCUT2D eigenvalue weighted by Crippen LogP contribution is 2.33. The molecule has 0 spiro atoms. The minimum Gasteiger partial charge on any atom is -0.506 e. The predicted molar refractivity (Wildman–Crippen MR) is 82.7 cm³/mol. The molecule has 7 heteroatoms. The van der Waals surface area contributed by atoms with Crippen molar-refractivity contribution in [1.29, 1.82) is 0 Å². The molecule has 0 atom stereocenters. The highest BCUT2D eigenvalue weighted by Gasteiger charge is 2.35. The molecule has 1 aromatic carbocycles. The van der Waals surface area contributed by atoms with Gasteiger partial charge in [-0.15, -0.1) is 0 Å². The van der Waals surface area contributed by atoms with Crippen molar-refractivity contribution in [3.8, 4) is 0 Å². The standard InChI is InChI=1S/C14H12INO5/c1-2-21-9(17)6-16-14(20)11-12(18)7-4-3-5-8(15)10(7)13(11)19/h3-5,18H,2,6H2,1H3,(H,16,20). The minimum absolute atomic E-state index is 0.200. The third kappa shape index (κ3) is 2.92. The van der Waals surface area contributed by atoms with Crippen LogP contribution in [0, 0.1) is 3.57 Å². The molecule has 0 saturated carbocycles. The summed E-state index contributed by atoms with van der Waals surface area (Å²) in [5.41, 5.74) is 0.281. The second-order valence-electron chi connectivity index (χ2n) is 4.20. The van der Waals surface area contributed by atoms with E-state index in [9.17, 15) is 19.5 Å². The maximum absolute atomic E-state index is 12.2. The number of nitrogens with one attached hydrogen (secondary N) is 1. The van der Waals surface area contributed by atoms with Gasteiger partial charge in [0.1, 0.15) is 17.9 Å². The van der Waals surface area contributed by atoms with Crippen molar-refractivity contribution in [3.05, 3.63) is 38.5 Å². The van der Waals surface area contributed by atoms with Crippen molar-refractivity contribution in [2.45, 2.75) is 6.92 Å². The summed E-state index contributed by atoms with van der Waals surface area (Å²) in [5, 5.41) is 12.3. The van der Waals surface area contributed by atoms with Gasteiger partial charge in [0.25, 0.3) is 5.91 Å². The molecule has 0 heterocycles. The van der Waals surface area contributed by atoms with Crippen LogP contribution >= 0.6 is 22.6 Å². The second-order valence-corrected chi connectivity index (χ2v) is 5.37. The molecule has 0 radical (unpaired) electrons. The van der Waals surface area contributed by atoms with Crippen LogP contribution in [-0.2, 0) is 14.3 Å². The highest BCUT2D eigenvalue weighted by molar-refractivity contribution is 14.1. The maximum atomic E-state index is 12.2. The van der Waals surface area contributed by atoms with Crippen molar-refractivity contribution in [2.75, 3.05) is 13.2 Å². The monoisotopic (exact) mass is 401 g/mol. The largest absolute Gasteiger partial charge is 0.506 e. The normalized spacial score (nSPS) is 13.1. The van der Waals surface area contributed by atoms with Crippen molar-refractivity contribution in [1.82, 2.24) is 5.32 Å². The van der Waals surface area contributed by atoms with E-state index in [4.69, 9.17) is 0 Å². The SMILES string of the molecule is CCOC(=O)CNC(=O)C1=C(O)c2cccc(I)c2C1=O. The van der Waals surface area contributed by atoms with E-state index in [0.29, 0.717) is 14.7 Å². The van der Waals surface area contributed by atoms with E-state index in [1.807, 2.05) is 22.6 Å². The van der Waals surface area contributed by atoms with E-state index < -0.39 is 17.7 Å². The lowest BCUT2D eigenvalue weighted by atomic mass is 10.1. The Morgan fingerprint density at radius 2 is 2.10 bits per heavy atom. The van der Waals surface area contributed by atoms with E-state index in [1.165, 1.54) is 0 Å². The van der Waals surface area contributed by atoms with Crippen LogP contribution in [0.15, 0.2) is 23.8 Å². The Kier molecular flexibility index (Phi) is 4.61. The maximum Gasteiger partial charge on any atom is 0.325 e. The number of carbonyl (C=O) groups excluding carboxylic acids is 3. The number of amides is 1. The Labute approximate surface area is 134 Å². The first-order valence-electron chi connectivity index (χ1n) is 6.18. The number of ketones is 1.